The molecule has 20 heavy (non-hydrogen) atoms. The van der Waals surface area contributed by atoms with E-state index in [1.165, 1.54) is 0 Å². The highest BCUT2D eigenvalue weighted by molar-refractivity contribution is 5.81. The van der Waals surface area contributed by atoms with Crippen molar-refractivity contribution in [1.82, 2.24) is 15.2 Å². The van der Waals surface area contributed by atoms with Crippen molar-refractivity contribution in [2.75, 3.05) is 0 Å². The van der Waals surface area contributed by atoms with Crippen molar-refractivity contribution in [2.24, 2.45) is 12.9 Å². The third-order valence-corrected chi connectivity index (χ3v) is 3.57. The SMILES string of the molecule is Cc1nn(C)cc1C(NN)c1cc2cccc(C)c2o1. The highest BCUT2D eigenvalue weighted by atomic mass is 16.3. The van der Waals surface area contributed by atoms with Gasteiger partial charge < -0.3 is 4.42 Å². The van der Waals surface area contributed by atoms with E-state index in [0.29, 0.717) is 0 Å². The fraction of sp³-hybridized carbons (Fsp3) is 0.267. The van der Waals surface area contributed by atoms with E-state index in [9.17, 15) is 0 Å². The zero-order chi connectivity index (χ0) is 14.3. The summed E-state index contributed by atoms with van der Waals surface area (Å²) in [6.45, 7) is 4.00. The summed E-state index contributed by atoms with van der Waals surface area (Å²) in [6.07, 6.45) is 1.96. The molecule has 0 aliphatic heterocycles. The summed E-state index contributed by atoms with van der Waals surface area (Å²) in [7, 11) is 1.90. The van der Waals surface area contributed by atoms with Crippen LogP contribution >= 0.6 is 0 Å². The molecule has 1 unspecified atom stereocenters. The summed E-state index contributed by atoms with van der Waals surface area (Å²) >= 11 is 0. The number of hydrogen-bond acceptors (Lipinski definition) is 4. The van der Waals surface area contributed by atoms with Crippen molar-refractivity contribution < 1.29 is 4.42 Å². The number of nitrogens with two attached hydrogens (primary N) is 1. The number of furan rings is 1. The second-order valence-corrected chi connectivity index (χ2v) is 5.09. The lowest BCUT2D eigenvalue weighted by atomic mass is 10.1. The van der Waals surface area contributed by atoms with Gasteiger partial charge in [0.2, 0.25) is 0 Å². The summed E-state index contributed by atoms with van der Waals surface area (Å²) in [4.78, 5) is 0. The molecule has 104 valence electrons. The molecule has 0 aliphatic rings. The Balaban J connectivity index is 2.12. The van der Waals surface area contributed by atoms with E-state index in [4.69, 9.17) is 10.3 Å². The first-order valence-electron chi connectivity index (χ1n) is 6.55. The van der Waals surface area contributed by atoms with Gasteiger partial charge in [-0.3, -0.25) is 10.5 Å². The third-order valence-electron chi connectivity index (χ3n) is 3.57. The molecule has 3 aromatic rings. The second kappa shape index (κ2) is 4.77. The molecule has 0 fully saturated rings. The van der Waals surface area contributed by atoms with Gasteiger partial charge in [-0.25, -0.2) is 5.43 Å². The molecule has 0 spiro atoms. The first-order valence-corrected chi connectivity index (χ1v) is 6.55. The molecule has 0 aliphatic carbocycles. The highest BCUT2D eigenvalue weighted by Crippen LogP contribution is 2.30. The normalized spacial score (nSPS) is 13.0. The van der Waals surface area contributed by atoms with Gasteiger partial charge in [-0.15, -0.1) is 0 Å². The van der Waals surface area contributed by atoms with Gasteiger partial charge >= 0.3 is 0 Å². The van der Waals surface area contributed by atoms with E-state index >= 15 is 0 Å². The lowest BCUT2D eigenvalue weighted by Crippen LogP contribution is -2.28. The maximum atomic E-state index is 5.99. The number of nitrogens with zero attached hydrogens (tertiary/aromatic N) is 2. The molecule has 2 aromatic heterocycles. The predicted molar refractivity (Wildman–Crippen MR) is 78.1 cm³/mol. The van der Waals surface area contributed by atoms with Gasteiger partial charge in [-0.05, 0) is 25.5 Å². The van der Waals surface area contributed by atoms with Crippen LogP contribution in [0.15, 0.2) is 34.9 Å². The van der Waals surface area contributed by atoms with Crippen molar-refractivity contribution in [1.29, 1.82) is 0 Å². The Hall–Kier alpha value is -2.11. The van der Waals surface area contributed by atoms with Crippen LogP contribution in [-0.4, -0.2) is 9.78 Å². The van der Waals surface area contributed by atoms with Crippen molar-refractivity contribution in [3.63, 3.8) is 0 Å². The average Bonchev–Trinajstić information content (AvgIpc) is 2.96. The second-order valence-electron chi connectivity index (χ2n) is 5.09. The van der Waals surface area contributed by atoms with Gasteiger partial charge in [0, 0.05) is 24.2 Å². The fourth-order valence-corrected chi connectivity index (χ4v) is 2.60. The van der Waals surface area contributed by atoms with E-state index in [2.05, 4.69) is 10.5 Å². The van der Waals surface area contributed by atoms with Crippen LogP contribution in [0, 0.1) is 13.8 Å². The molecule has 1 atom stereocenters. The van der Waals surface area contributed by atoms with E-state index in [1.54, 1.807) is 4.68 Å². The van der Waals surface area contributed by atoms with Crippen molar-refractivity contribution in [3.8, 4) is 0 Å². The minimum atomic E-state index is -0.199. The van der Waals surface area contributed by atoms with Crippen molar-refractivity contribution >= 4 is 11.0 Å². The van der Waals surface area contributed by atoms with Gasteiger partial charge in [-0.2, -0.15) is 5.10 Å². The Labute approximate surface area is 117 Å². The molecule has 2 heterocycles. The molecular weight excluding hydrogens is 252 g/mol. The van der Waals surface area contributed by atoms with Gasteiger partial charge in [0.05, 0.1) is 5.69 Å². The number of para-hydroxylation sites is 1. The molecule has 5 nitrogen and oxygen atoms in total. The Morgan fingerprint density at radius 2 is 2.15 bits per heavy atom. The van der Waals surface area contributed by atoms with Crippen LogP contribution in [0.3, 0.4) is 0 Å². The fourth-order valence-electron chi connectivity index (χ4n) is 2.60. The van der Waals surface area contributed by atoms with Crippen LogP contribution in [0.25, 0.3) is 11.0 Å². The Kier molecular flexibility index (Phi) is 3.08. The first kappa shape index (κ1) is 12.9. The molecule has 0 radical (unpaired) electrons. The molecule has 0 bridgehead atoms. The maximum Gasteiger partial charge on any atom is 0.137 e. The van der Waals surface area contributed by atoms with E-state index < -0.39 is 0 Å². The number of hydrazine groups is 1. The zero-order valence-corrected chi connectivity index (χ0v) is 11.8. The lowest BCUT2D eigenvalue weighted by molar-refractivity contribution is 0.475. The van der Waals surface area contributed by atoms with Crippen molar-refractivity contribution in [3.05, 3.63) is 53.0 Å². The van der Waals surface area contributed by atoms with Gasteiger partial charge in [0.25, 0.3) is 0 Å². The number of aromatic nitrogens is 2. The van der Waals surface area contributed by atoms with Crippen LogP contribution in [0.2, 0.25) is 0 Å². The monoisotopic (exact) mass is 270 g/mol. The number of nitrogens with one attached hydrogen (secondary N) is 1. The summed E-state index contributed by atoms with van der Waals surface area (Å²) in [5, 5.41) is 5.44. The summed E-state index contributed by atoms with van der Waals surface area (Å²) in [6, 6.07) is 7.93. The number of hydrogen-bond donors (Lipinski definition) is 2. The first-order chi connectivity index (χ1) is 9.60. The van der Waals surface area contributed by atoms with Crippen molar-refractivity contribution in [2.45, 2.75) is 19.9 Å². The lowest BCUT2D eigenvalue weighted by Gasteiger charge is -2.12. The molecule has 5 heteroatoms. The smallest absolute Gasteiger partial charge is 0.137 e. The minimum absolute atomic E-state index is 0.199. The molecule has 3 rings (SSSR count). The van der Waals surface area contributed by atoms with Crippen LogP contribution < -0.4 is 11.3 Å². The predicted octanol–water partition coefficient (Wildman–Crippen LogP) is 2.34. The van der Waals surface area contributed by atoms with Gasteiger partial charge in [-0.1, -0.05) is 18.2 Å². The van der Waals surface area contributed by atoms with Crippen LogP contribution in [0.1, 0.15) is 28.6 Å². The quantitative estimate of drug-likeness (QED) is 0.566. The topological polar surface area (TPSA) is 69.0 Å². The van der Waals surface area contributed by atoms with Gasteiger partial charge in [0.15, 0.2) is 0 Å². The summed E-state index contributed by atoms with van der Waals surface area (Å²) < 4.78 is 7.77. The van der Waals surface area contributed by atoms with E-state index in [-0.39, 0.29) is 6.04 Å². The Morgan fingerprint density at radius 3 is 2.75 bits per heavy atom. The molecule has 1 aromatic carbocycles. The third kappa shape index (κ3) is 2.01. The molecule has 0 saturated heterocycles. The van der Waals surface area contributed by atoms with E-state index in [1.807, 2.05) is 51.4 Å². The number of fused-ring (bicyclic) bond motifs is 1. The molecule has 0 amide bonds. The summed E-state index contributed by atoms with van der Waals surface area (Å²) in [5.74, 6) is 6.53. The van der Waals surface area contributed by atoms with Gasteiger partial charge in [0.1, 0.15) is 17.4 Å². The Bertz CT molecular complexity index is 756. The maximum absolute atomic E-state index is 5.99. The van der Waals surface area contributed by atoms with Crippen LogP contribution in [0.5, 0.6) is 0 Å². The van der Waals surface area contributed by atoms with E-state index in [0.717, 1.165) is 33.6 Å². The Morgan fingerprint density at radius 1 is 1.35 bits per heavy atom. The molecule has 0 saturated carbocycles. The number of benzene rings is 1. The standard InChI is InChI=1S/C15H18N4O/c1-9-5-4-6-11-7-13(20-15(9)11)14(17-16)12-8-19(3)18-10(12)2/h4-8,14,17H,16H2,1-3H3. The number of aryl methyl sites for hydroxylation is 3. The summed E-state index contributed by atoms with van der Waals surface area (Å²) in [5.41, 5.74) is 6.80. The number of rotatable bonds is 3. The highest BCUT2D eigenvalue weighted by Gasteiger charge is 2.21. The molecule has 3 N–H and O–H groups in total. The van der Waals surface area contributed by atoms with Crippen LogP contribution in [-0.2, 0) is 7.05 Å². The van der Waals surface area contributed by atoms with Crippen LogP contribution in [0.4, 0.5) is 0 Å². The molecular formula is C15H18N4O. The zero-order valence-electron chi connectivity index (χ0n) is 11.8. The average molecular weight is 270 g/mol. The minimum Gasteiger partial charge on any atom is -0.459 e. The largest absolute Gasteiger partial charge is 0.459 e.